The second-order valence-electron chi connectivity index (χ2n) is 9.34. The number of hydrogen-bond donors (Lipinski definition) is 2. The first-order valence-corrected chi connectivity index (χ1v) is 10.6. The lowest BCUT2D eigenvalue weighted by Gasteiger charge is -2.42. The van der Waals surface area contributed by atoms with Crippen molar-refractivity contribution in [3.63, 3.8) is 0 Å². The van der Waals surface area contributed by atoms with Gasteiger partial charge in [0, 0.05) is 6.92 Å². The summed E-state index contributed by atoms with van der Waals surface area (Å²) in [5.74, 6) is -3.07. The molecule has 166 valence electrons. The summed E-state index contributed by atoms with van der Waals surface area (Å²) in [6, 6.07) is 0. The van der Waals surface area contributed by atoms with Crippen LogP contribution in [0.3, 0.4) is 0 Å². The molecule has 0 radical (unpaired) electrons. The predicted octanol–water partition coefficient (Wildman–Crippen LogP) is 3.08. The van der Waals surface area contributed by atoms with E-state index in [0.717, 1.165) is 24.8 Å². The van der Waals surface area contributed by atoms with Crippen molar-refractivity contribution in [2.45, 2.75) is 59.0 Å². The molecule has 0 amide bonds. The number of rotatable bonds is 7. The lowest BCUT2D eigenvalue weighted by atomic mass is 9.61. The number of allylic oxidation sites excluding steroid dienone is 2. The molecule has 3 aliphatic carbocycles. The second kappa shape index (κ2) is 8.17. The largest absolute Gasteiger partial charge is 0.481 e. The highest BCUT2D eigenvalue weighted by Crippen LogP contribution is 2.69. The summed E-state index contributed by atoms with van der Waals surface area (Å²) in [4.78, 5) is 36.8. The van der Waals surface area contributed by atoms with Gasteiger partial charge in [-0.3, -0.25) is 14.4 Å². The molecule has 1 spiro atoms. The van der Waals surface area contributed by atoms with Crippen LogP contribution in [0.15, 0.2) is 24.3 Å². The van der Waals surface area contributed by atoms with Crippen LogP contribution in [0.4, 0.5) is 0 Å². The van der Waals surface area contributed by atoms with Crippen molar-refractivity contribution in [3.8, 4) is 0 Å². The molecule has 0 aromatic carbocycles. The summed E-state index contributed by atoms with van der Waals surface area (Å²) in [6.45, 7) is 8.19. The Kier molecular flexibility index (Phi) is 6.14. The minimum absolute atomic E-state index is 0.167. The van der Waals surface area contributed by atoms with Gasteiger partial charge >= 0.3 is 17.9 Å². The molecule has 0 aromatic heterocycles. The maximum absolute atomic E-state index is 13.3. The van der Waals surface area contributed by atoms with Crippen LogP contribution in [0.2, 0.25) is 0 Å². The van der Waals surface area contributed by atoms with Gasteiger partial charge in [0.15, 0.2) is 0 Å². The molecule has 3 aliphatic rings. The molecule has 0 aliphatic heterocycles. The van der Waals surface area contributed by atoms with Gasteiger partial charge in [-0.25, -0.2) is 0 Å². The van der Waals surface area contributed by atoms with Crippen molar-refractivity contribution in [2.75, 3.05) is 6.79 Å². The number of carbonyl (C=O) groups is 3. The molecular weight excluding hydrogens is 388 g/mol. The fourth-order valence-corrected chi connectivity index (χ4v) is 6.37. The first kappa shape index (κ1) is 22.5. The number of esters is 2. The molecule has 2 bridgehead atoms. The van der Waals surface area contributed by atoms with E-state index < -0.39 is 53.5 Å². The maximum atomic E-state index is 13.3. The maximum Gasteiger partial charge on any atom is 0.312 e. The van der Waals surface area contributed by atoms with E-state index in [1.165, 1.54) is 19.9 Å². The monoisotopic (exact) mass is 420 g/mol. The summed E-state index contributed by atoms with van der Waals surface area (Å²) < 4.78 is 10.1. The number of carboxylic acids is 1. The zero-order valence-electron chi connectivity index (χ0n) is 17.9. The van der Waals surface area contributed by atoms with Crippen LogP contribution in [0.5, 0.6) is 0 Å². The fraction of sp³-hybridized carbons (Fsp3) is 0.696. The van der Waals surface area contributed by atoms with Crippen LogP contribution in [0, 0.1) is 34.5 Å². The lowest BCUT2D eigenvalue weighted by molar-refractivity contribution is -0.178. The molecule has 7 nitrogen and oxygen atoms in total. The molecule has 7 heteroatoms. The summed E-state index contributed by atoms with van der Waals surface area (Å²) in [6.07, 6.45) is 5.73. The minimum Gasteiger partial charge on any atom is -0.481 e. The van der Waals surface area contributed by atoms with Crippen LogP contribution < -0.4 is 0 Å². The zero-order valence-corrected chi connectivity index (χ0v) is 17.9. The van der Waals surface area contributed by atoms with Gasteiger partial charge < -0.3 is 19.7 Å². The molecule has 0 aromatic rings. The SMILES string of the molecule is C=C1C[C@]23CC1CC[C@H]2CC([C@](C)(C(=O)O)[C@@H](O)/C=C\C)[C@@H]3C(=O)OCOC(C)=O. The first-order valence-electron chi connectivity index (χ1n) is 10.6. The first-order chi connectivity index (χ1) is 14.1. The number of hydrogen-bond acceptors (Lipinski definition) is 6. The summed E-state index contributed by atoms with van der Waals surface area (Å²) >= 11 is 0. The third-order valence-electron chi connectivity index (χ3n) is 7.93. The fourth-order valence-electron chi connectivity index (χ4n) is 6.37. The molecule has 0 saturated heterocycles. The Morgan fingerprint density at radius 2 is 2.03 bits per heavy atom. The Hall–Kier alpha value is -2.15. The average molecular weight is 421 g/mol. The molecule has 3 saturated carbocycles. The lowest BCUT2D eigenvalue weighted by Crippen LogP contribution is -2.50. The Morgan fingerprint density at radius 1 is 1.33 bits per heavy atom. The predicted molar refractivity (Wildman–Crippen MR) is 108 cm³/mol. The smallest absolute Gasteiger partial charge is 0.312 e. The number of aliphatic hydroxyl groups excluding tert-OH is 1. The summed E-state index contributed by atoms with van der Waals surface area (Å²) in [5, 5.41) is 21.0. The zero-order chi connectivity index (χ0) is 22.3. The molecule has 2 N–H and O–H groups in total. The number of aliphatic carboxylic acids is 1. The molecule has 30 heavy (non-hydrogen) atoms. The van der Waals surface area contributed by atoms with E-state index >= 15 is 0 Å². The highest BCUT2D eigenvalue weighted by molar-refractivity contribution is 5.80. The number of fused-ring (bicyclic) bond motifs is 1. The Balaban J connectivity index is 2.02. The average Bonchev–Trinajstić information content (AvgIpc) is 3.14. The van der Waals surface area contributed by atoms with Gasteiger partial charge in [0.2, 0.25) is 6.79 Å². The van der Waals surface area contributed by atoms with Crippen LogP contribution in [0.25, 0.3) is 0 Å². The number of aliphatic hydroxyl groups is 1. The second-order valence-corrected chi connectivity index (χ2v) is 9.34. The van der Waals surface area contributed by atoms with Gasteiger partial charge in [0.05, 0.1) is 17.4 Å². The minimum atomic E-state index is -1.55. The molecule has 0 heterocycles. The summed E-state index contributed by atoms with van der Waals surface area (Å²) in [5.41, 5.74) is -0.852. The molecule has 3 rings (SSSR count). The van der Waals surface area contributed by atoms with Crippen LogP contribution in [-0.2, 0) is 23.9 Å². The van der Waals surface area contributed by atoms with Gasteiger partial charge in [0.1, 0.15) is 0 Å². The van der Waals surface area contributed by atoms with Gasteiger partial charge in [-0.15, -0.1) is 0 Å². The Labute approximate surface area is 177 Å². The third-order valence-corrected chi connectivity index (χ3v) is 7.93. The van der Waals surface area contributed by atoms with Gasteiger partial charge in [0.25, 0.3) is 0 Å². The number of carboxylic acid groups (broad SMARTS) is 1. The highest BCUT2D eigenvalue weighted by atomic mass is 16.7. The van der Waals surface area contributed by atoms with Gasteiger partial charge in [-0.05, 0) is 69.1 Å². The third kappa shape index (κ3) is 3.47. The van der Waals surface area contributed by atoms with Crippen LogP contribution in [-0.4, -0.2) is 41.0 Å². The standard InChI is InChI=1S/C23H32O7/c1-5-6-18(25)22(4,21(27)28)17-9-16-8-7-15-11-23(16,10-13(15)2)19(17)20(26)30-12-29-14(3)24/h5-6,15-19,25H,2,7-12H2,1,3-4H3,(H,27,28)/b6-5-/t15?,16-,17?,18-,19+,22-,23-/m0/s1. The van der Waals surface area contributed by atoms with E-state index in [4.69, 9.17) is 9.47 Å². The van der Waals surface area contributed by atoms with E-state index in [0.29, 0.717) is 18.8 Å². The Morgan fingerprint density at radius 3 is 2.63 bits per heavy atom. The van der Waals surface area contributed by atoms with Gasteiger partial charge in [-0.2, -0.15) is 0 Å². The van der Waals surface area contributed by atoms with Crippen molar-refractivity contribution < 1.29 is 34.1 Å². The normalized spacial score (nSPS) is 35.5. The molecule has 3 fully saturated rings. The number of carbonyl (C=O) groups excluding carboxylic acids is 2. The highest BCUT2D eigenvalue weighted by Gasteiger charge is 2.68. The van der Waals surface area contributed by atoms with E-state index in [9.17, 15) is 24.6 Å². The van der Waals surface area contributed by atoms with Gasteiger partial charge in [-0.1, -0.05) is 24.3 Å². The topological polar surface area (TPSA) is 110 Å². The quantitative estimate of drug-likeness (QED) is 0.370. The number of ether oxygens (including phenoxy) is 2. The van der Waals surface area contributed by atoms with E-state index in [1.54, 1.807) is 13.0 Å². The molecular formula is C23H32O7. The van der Waals surface area contributed by atoms with Crippen molar-refractivity contribution in [1.82, 2.24) is 0 Å². The molecule has 2 unspecified atom stereocenters. The van der Waals surface area contributed by atoms with Crippen LogP contribution >= 0.6 is 0 Å². The van der Waals surface area contributed by atoms with Crippen LogP contribution in [0.1, 0.15) is 52.9 Å². The van der Waals surface area contributed by atoms with Crippen molar-refractivity contribution in [2.24, 2.45) is 34.5 Å². The van der Waals surface area contributed by atoms with E-state index in [2.05, 4.69) is 6.58 Å². The molecule has 7 atom stereocenters. The van der Waals surface area contributed by atoms with Crippen molar-refractivity contribution in [3.05, 3.63) is 24.3 Å². The summed E-state index contributed by atoms with van der Waals surface area (Å²) in [7, 11) is 0. The van der Waals surface area contributed by atoms with E-state index in [-0.39, 0.29) is 5.92 Å². The van der Waals surface area contributed by atoms with Crippen molar-refractivity contribution >= 4 is 17.9 Å². The Bertz CT molecular complexity index is 772. The van der Waals surface area contributed by atoms with E-state index in [1.807, 2.05) is 0 Å². The van der Waals surface area contributed by atoms with Crippen molar-refractivity contribution in [1.29, 1.82) is 0 Å².